The first-order valence-corrected chi connectivity index (χ1v) is 7.44. The van der Waals surface area contributed by atoms with Crippen molar-refractivity contribution in [2.24, 2.45) is 0 Å². The Morgan fingerprint density at radius 2 is 2.32 bits per heavy atom. The molecule has 1 fully saturated rings. The number of likely N-dealkylation sites (N-methyl/N-ethyl adjacent to an activating group) is 1. The lowest BCUT2D eigenvalue weighted by atomic mass is 10.1. The number of hydrogen-bond donors (Lipinski definition) is 1. The summed E-state index contributed by atoms with van der Waals surface area (Å²) >= 11 is 1.63. The molecule has 1 aliphatic heterocycles. The van der Waals surface area contributed by atoms with Gasteiger partial charge in [-0.1, -0.05) is 0 Å². The zero-order valence-electron chi connectivity index (χ0n) is 11.5. The predicted octanol–water partition coefficient (Wildman–Crippen LogP) is 1.18. The van der Waals surface area contributed by atoms with Gasteiger partial charge in [0.25, 0.3) is 0 Å². The van der Waals surface area contributed by atoms with Gasteiger partial charge >= 0.3 is 0 Å². The van der Waals surface area contributed by atoms with Crippen molar-refractivity contribution in [1.82, 2.24) is 15.2 Å². The average molecular weight is 283 g/mol. The summed E-state index contributed by atoms with van der Waals surface area (Å²) in [6.45, 7) is 4.72. The van der Waals surface area contributed by atoms with Gasteiger partial charge in [-0.05, 0) is 32.9 Å². The third-order valence-corrected chi connectivity index (χ3v) is 4.11. The van der Waals surface area contributed by atoms with E-state index in [1.54, 1.807) is 16.2 Å². The van der Waals surface area contributed by atoms with Crippen LogP contribution in [-0.4, -0.2) is 48.6 Å². The van der Waals surface area contributed by atoms with Crippen LogP contribution >= 0.6 is 11.3 Å². The third-order valence-electron chi connectivity index (χ3n) is 3.22. The number of thiazole rings is 1. The molecule has 106 valence electrons. The second kappa shape index (κ2) is 6.98. The summed E-state index contributed by atoms with van der Waals surface area (Å²) in [7, 11) is 1.81. The van der Waals surface area contributed by atoms with E-state index in [2.05, 4.69) is 10.3 Å². The minimum Gasteiger partial charge on any atom is -0.368 e. The van der Waals surface area contributed by atoms with Crippen molar-refractivity contribution in [3.05, 3.63) is 16.1 Å². The highest BCUT2D eigenvalue weighted by atomic mass is 32.1. The van der Waals surface area contributed by atoms with E-state index in [1.807, 2.05) is 20.2 Å². The number of piperidine rings is 1. The minimum absolute atomic E-state index is 0.0320. The van der Waals surface area contributed by atoms with E-state index >= 15 is 0 Å². The van der Waals surface area contributed by atoms with Crippen LogP contribution in [0.5, 0.6) is 0 Å². The Hall–Kier alpha value is -0.980. The fraction of sp³-hybridized carbons (Fsp3) is 0.692. The summed E-state index contributed by atoms with van der Waals surface area (Å²) in [6.07, 6.45) is 4.04. The largest absolute Gasteiger partial charge is 0.368 e. The highest BCUT2D eigenvalue weighted by molar-refractivity contribution is 7.11. The smallest absolute Gasteiger partial charge is 0.248 e. The number of rotatable bonds is 5. The number of hydrogen-bond acceptors (Lipinski definition) is 5. The molecular weight excluding hydrogens is 262 g/mol. The maximum absolute atomic E-state index is 12.0. The van der Waals surface area contributed by atoms with Crippen molar-refractivity contribution in [2.75, 3.05) is 26.7 Å². The number of carbonyl (C=O) groups is 1. The van der Waals surface area contributed by atoms with E-state index in [4.69, 9.17) is 4.74 Å². The molecule has 6 heteroatoms. The zero-order chi connectivity index (χ0) is 13.7. The molecule has 19 heavy (non-hydrogen) atoms. The fourth-order valence-electron chi connectivity index (χ4n) is 2.06. The predicted molar refractivity (Wildman–Crippen MR) is 75.2 cm³/mol. The van der Waals surface area contributed by atoms with Gasteiger partial charge in [0.05, 0.1) is 17.7 Å². The Bertz CT molecular complexity index is 416. The highest BCUT2D eigenvalue weighted by Crippen LogP contribution is 2.14. The Balaban J connectivity index is 1.72. The van der Waals surface area contributed by atoms with Gasteiger partial charge in [0.1, 0.15) is 6.61 Å². The van der Waals surface area contributed by atoms with E-state index < -0.39 is 0 Å². The van der Waals surface area contributed by atoms with E-state index in [-0.39, 0.29) is 18.6 Å². The molecule has 0 bridgehead atoms. The summed E-state index contributed by atoms with van der Waals surface area (Å²) in [4.78, 5) is 19.0. The first-order valence-electron chi connectivity index (χ1n) is 6.62. The van der Waals surface area contributed by atoms with Crippen LogP contribution in [0.4, 0.5) is 0 Å². The van der Waals surface area contributed by atoms with Crippen LogP contribution in [0.3, 0.4) is 0 Å². The maximum atomic E-state index is 12.0. The fourth-order valence-corrected chi connectivity index (χ4v) is 2.91. The molecule has 0 aromatic carbocycles. The van der Waals surface area contributed by atoms with Crippen LogP contribution in [0.15, 0.2) is 6.20 Å². The van der Waals surface area contributed by atoms with E-state index in [0.29, 0.717) is 6.54 Å². The van der Waals surface area contributed by atoms with Gasteiger partial charge in [-0.3, -0.25) is 4.79 Å². The molecule has 0 spiro atoms. The molecule has 1 amide bonds. The SMILES string of the molecule is Cc1ncc(CN(C)C(=O)COC2CCNCC2)s1. The van der Waals surface area contributed by atoms with Crippen LogP contribution < -0.4 is 5.32 Å². The number of aromatic nitrogens is 1. The molecule has 0 aliphatic carbocycles. The molecule has 5 nitrogen and oxygen atoms in total. The Morgan fingerprint density at radius 3 is 2.95 bits per heavy atom. The van der Waals surface area contributed by atoms with Crippen LogP contribution in [0.1, 0.15) is 22.7 Å². The number of aryl methyl sites for hydroxylation is 1. The van der Waals surface area contributed by atoms with Gasteiger partial charge in [-0.25, -0.2) is 4.98 Å². The molecule has 1 aliphatic rings. The third kappa shape index (κ3) is 4.56. The molecule has 1 aromatic heterocycles. The van der Waals surface area contributed by atoms with Crippen LogP contribution in [0, 0.1) is 6.92 Å². The molecule has 2 heterocycles. The Kier molecular flexibility index (Phi) is 5.30. The zero-order valence-corrected chi connectivity index (χ0v) is 12.3. The van der Waals surface area contributed by atoms with Crippen LogP contribution in [0.2, 0.25) is 0 Å². The minimum atomic E-state index is 0.0320. The molecule has 1 aromatic rings. The number of nitrogens with one attached hydrogen (secondary N) is 1. The maximum Gasteiger partial charge on any atom is 0.248 e. The second-order valence-electron chi connectivity index (χ2n) is 4.86. The topological polar surface area (TPSA) is 54.5 Å². The molecule has 1 N–H and O–H groups in total. The Labute approximate surface area is 118 Å². The van der Waals surface area contributed by atoms with Crippen molar-refractivity contribution in [3.63, 3.8) is 0 Å². The molecular formula is C13H21N3O2S. The number of ether oxygens (including phenoxy) is 1. The van der Waals surface area contributed by atoms with Crippen LogP contribution in [-0.2, 0) is 16.1 Å². The van der Waals surface area contributed by atoms with Crippen molar-refractivity contribution in [2.45, 2.75) is 32.4 Å². The van der Waals surface area contributed by atoms with Crippen molar-refractivity contribution < 1.29 is 9.53 Å². The lowest BCUT2D eigenvalue weighted by molar-refractivity contribution is -0.137. The standard InChI is InChI=1S/C13H21N3O2S/c1-10-15-7-12(19-10)8-16(2)13(17)9-18-11-3-5-14-6-4-11/h7,11,14H,3-6,8-9H2,1-2H3. The number of carbonyl (C=O) groups excluding carboxylic acids is 1. The normalized spacial score (nSPS) is 16.5. The Morgan fingerprint density at radius 1 is 1.58 bits per heavy atom. The lowest BCUT2D eigenvalue weighted by Gasteiger charge is -2.24. The van der Waals surface area contributed by atoms with E-state index in [0.717, 1.165) is 35.8 Å². The van der Waals surface area contributed by atoms with Crippen LogP contribution in [0.25, 0.3) is 0 Å². The molecule has 2 rings (SSSR count). The quantitative estimate of drug-likeness (QED) is 0.881. The molecule has 1 saturated heterocycles. The van der Waals surface area contributed by atoms with Gasteiger partial charge in [0.2, 0.25) is 5.91 Å². The van der Waals surface area contributed by atoms with Crippen molar-refractivity contribution in [3.8, 4) is 0 Å². The summed E-state index contributed by atoms with van der Waals surface area (Å²) in [5, 5.41) is 4.31. The summed E-state index contributed by atoms with van der Waals surface area (Å²) < 4.78 is 5.67. The molecule has 0 atom stereocenters. The van der Waals surface area contributed by atoms with Gasteiger partial charge < -0.3 is 15.0 Å². The van der Waals surface area contributed by atoms with Crippen molar-refractivity contribution >= 4 is 17.2 Å². The number of amides is 1. The first kappa shape index (κ1) is 14.4. The summed E-state index contributed by atoms with van der Waals surface area (Å²) in [5.74, 6) is 0.0320. The summed E-state index contributed by atoms with van der Waals surface area (Å²) in [6, 6.07) is 0. The van der Waals surface area contributed by atoms with Gasteiger partial charge in [-0.2, -0.15) is 0 Å². The monoisotopic (exact) mass is 283 g/mol. The molecule has 0 unspecified atom stereocenters. The van der Waals surface area contributed by atoms with Gasteiger partial charge in [0, 0.05) is 18.1 Å². The average Bonchev–Trinajstić information content (AvgIpc) is 2.82. The van der Waals surface area contributed by atoms with E-state index in [1.165, 1.54) is 0 Å². The molecule has 0 saturated carbocycles. The lowest BCUT2D eigenvalue weighted by Crippen LogP contribution is -2.36. The number of nitrogens with zero attached hydrogens (tertiary/aromatic N) is 2. The van der Waals surface area contributed by atoms with Crippen molar-refractivity contribution in [1.29, 1.82) is 0 Å². The van der Waals surface area contributed by atoms with E-state index in [9.17, 15) is 4.79 Å². The first-order chi connectivity index (χ1) is 9.15. The van der Waals surface area contributed by atoms with Gasteiger partial charge in [0.15, 0.2) is 0 Å². The highest BCUT2D eigenvalue weighted by Gasteiger charge is 2.17. The summed E-state index contributed by atoms with van der Waals surface area (Å²) in [5.41, 5.74) is 0. The second-order valence-corrected chi connectivity index (χ2v) is 6.18. The molecule has 0 radical (unpaired) electrons. The van der Waals surface area contributed by atoms with Gasteiger partial charge in [-0.15, -0.1) is 11.3 Å².